The Morgan fingerprint density at radius 2 is 1.94 bits per heavy atom. The van der Waals surface area contributed by atoms with Gasteiger partial charge in [-0.3, -0.25) is 9.69 Å². The highest BCUT2D eigenvalue weighted by molar-refractivity contribution is 5.76. The first-order valence-corrected chi connectivity index (χ1v) is 13.4. The highest BCUT2D eigenvalue weighted by Crippen LogP contribution is 2.50. The van der Waals surface area contributed by atoms with E-state index < -0.39 is 0 Å². The van der Waals surface area contributed by atoms with Crippen molar-refractivity contribution in [1.82, 2.24) is 15.1 Å². The van der Waals surface area contributed by atoms with Crippen LogP contribution in [0.15, 0.2) is 54.6 Å². The van der Waals surface area contributed by atoms with Crippen molar-refractivity contribution in [2.24, 2.45) is 5.92 Å². The molecule has 1 heterocycles. The monoisotopic (exact) mass is 477 g/mol. The Bertz CT molecular complexity index is 963. The minimum atomic E-state index is -0.144. The molecule has 0 radical (unpaired) electrons. The lowest BCUT2D eigenvalue weighted by molar-refractivity contribution is -0.125. The zero-order valence-electron chi connectivity index (χ0n) is 21.7. The number of nitrogens with one attached hydrogen (secondary N) is 1. The van der Waals surface area contributed by atoms with Crippen LogP contribution in [-0.4, -0.2) is 66.6 Å². The molecular weight excluding hydrogens is 434 g/mol. The average Bonchev–Trinajstić information content (AvgIpc) is 2.83. The van der Waals surface area contributed by atoms with Crippen LogP contribution in [0.4, 0.5) is 0 Å². The standard InChI is InChI=1S/C30H43N3O2/c1-23-22-33(20-9-13-24-11-5-4-6-12-24)27-16-8-18-30(23,25-14-7-15-26(34)21-25)29(27)31-28(35)17-10-19-32(2)3/h4-7,11-12,14-15,21,23,27,29,34H,8-10,13,16-20,22H2,1-3H3,(H,31,35). The second-order valence-corrected chi connectivity index (χ2v) is 11.0. The lowest BCUT2D eigenvalue weighted by atomic mass is 9.55. The molecule has 5 heteroatoms. The number of fused-ring (bicyclic) bond motifs is 2. The summed E-state index contributed by atoms with van der Waals surface area (Å²) in [5, 5.41) is 13.9. The fourth-order valence-electron chi connectivity index (χ4n) is 6.68. The van der Waals surface area contributed by atoms with E-state index in [2.05, 4.69) is 72.5 Å². The zero-order chi connectivity index (χ0) is 24.8. The van der Waals surface area contributed by atoms with Crippen LogP contribution in [-0.2, 0) is 16.6 Å². The molecule has 1 amide bonds. The molecule has 2 aromatic carbocycles. The van der Waals surface area contributed by atoms with Crippen LogP contribution < -0.4 is 5.32 Å². The summed E-state index contributed by atoms with van der Waals surface area (Å²) in [7, 11) is 4.10. The minimum absolute atomic E-state index is 0.0605. The van der Waals surface area contributed by atoms with Gasteiger partial charge < -0.3 is 15.3 Å². The smallest absolute Gasteiger partial charge is 0.220 e. The summed E-state index contributed by atoms with van der Waals surface area (Å²) in [5.74, 6) is 0.851. The quantitative estimate of drug-likeness (QED) is 0.525. The molecule has 1 saturated carbocycles. The van der Waals surface area contributed by atoms with Gasteiger partial charge in [0, 0.05) is 24.4 Å². The van der Waals surface area contributed by atoms with Crippen LogP contribution >= 0.6 is 0 Å². The molecule has 1 aliphatic carbocycles. The lowest BCUT2D eigenvalue weighted by Crippen LogP contribution is -2.70. The number of carbonyl (C=O) groups is 1. The van der Waals surface area contributed by atoms with Crippen molar-refractivity contribution in [3.05, 3.63) is 65.7 Å². The van der Waals surface area contributed by atoms with Gasteiger partial charge in [0.25, 0.3) is 0 Å². The molecule has 1 aliphatic heterocycles. The van der Waals surface area contributed by atoms with Crippen LogP contribution in [0, 0.1) is 5.92 Å². The van der Waals surface area contributed by atoms with Crippen molar-refractivity contribution >= 4 is 5.91 Å². The second-order valence-electron chi connectivity index (χ2n) is 11.0. The van der Waals surface area contributed by atoms with E-state index in [-0.39, 0.29) is 17.4 Å². The van der Waals surface area contributed by atoms with E-state index in [0.717, 1.165) is 58.2 Å². The molecule has 2 aliphatic rings. The molecule has 2 fully saturated rings. The van der Waals surface area contributed by atoms with Gasteiger partial charge in [-0.2, -0.15) is 0 Å². The molecule has 4 atom stereocenters. The number of likely N-dealkylation sites (tertiary alicyclic amines) is 1. The third-order valence-electron chi connectivity index (χ3n) is 8.35. The van der Waals surface area contributed by atoms with Gasteiger partial charge in [0.15, 0.2) is 0 Å². The van der Waals surface area contributed by atoms with Crippen molar-refractivity contribution in [2.45, 2.75) is 69.4 Å². The summed E-state index contributed by atoms with van der Waals surface area (Å²) in [4.78, 5) is 18.0. The maximum Gasteiger partial charge on any atom is 0.220 e. The van der Waals surface area contributed by atoms with E-state index in [9.17, 15) is 9.90 Å². The van der Waals surface area contributed by atoms with E-state index >= 15 is 0 Å². The number of phenolic OH excluding ortho intramolecular Hbond substituents is 1. The number of nitrogens with zero attached hydrogens (tertiary/aromatic N) is 2. The number of piperidine rings is 1. The predicted octanol–water partition coefficient (Wildman–Crippen LogP) is 4.59. The van der Waals surface area contributed by atoms with E-state index in [1.54, 1.807) is 6.07 Å². The fraction of sp³-hybridized carbons (Fsp3) is 0.567. The van der Waals surface area contributed by atoms with Gasteiger partial charge in [0.2, 0.25) is 5.91 Å². The maximum atomic E-state index is 13.2. The van der Waals surface area contributed by atoms with Crippen molar-refractivity contribution in [2.75, 3.05) is 33.7 Å². The predicted molar refractivity (Wildman–Crippen MR) is 143 cm³/mol. The molecule has 5 nitrogen and oxygen atoms in total. The Kier molecular flexibility index (Phi) is 8.51. The van der Waals surface area contributed by atoms with Crippen LogP contribution in [0.1, 0.15) is 56.6 Å². The molecule has 4 unspecified atom stereocenters. The van der Waals surface area contributed by atoms with Crippen molar-refractivity contribution in [3.63, 3.8) is 0 Å². The Morgan fingerprint density at radius 1 is 1.14 bits per heavy atom. The van der Waals surface area contributed by atoms with Crippen LogP contribution in [0.2, 0.25) is 0 Å². The lowest BCUT2D eigenvalue weighted by Gasteiger charge is -2.60. The van der Waals surface area contributed by atoms with Gasteiger partial charge in [-0.15, -0.1) is 0 Å². The molecule has 4 rings (SSSR count). The SMILES string of the molecule is CC1CN(CCCc2ccccc2)C2CCCC1(c1cccc(O)c1)C2NC(=O)CCCN(C)C. The Labute approximate surface area is 211 Å². The number of aromatic hydroxyl groups is 1. The molecule has 2 bridgehead atoms. The van der Waals surface area contributed by atoms with Crippen molar-refractivity contribution in [1.29, 1.82) is 0 Å². The van der Waals surface area contributed by atoms with Gasteiger partial charge >= 0.3 is 0 Å². The van der Waals surface area contributed by atoms with Gasteiger partial charge in [-0.05, 0) is 88.5 Å². The molecule has 2 N–H and O–H groups in total. The van der Waals surface area contributed by atoms with Gasteiger partial charge in [-0.1, -0.05) is 55.8 Å². The number of amides is 1. The molecule has 190 valence electrons. The number of benzene rings is 2. The largest absolute Gasteiger partial charge is 0.508 e. The third kappa shape index (κ3) is 5.90. The van der Waals surface area contributed by atoms with E-state index in [1.807, 2.05) is 12.1 Å². The molecule has 2 aromatic rings. The van der Waals surface area contributed by atoms with Gasteiger partial charge in [0.1, 0.15) is 5.75 Å². The topological polar surface area (TPSA) is 55.8 Å². The maximum absolute atomic E-state index is 13.2. The number of aryl methyl sites for hydroxylation is 1. The van der Waals surface area contributed by atoms with Gasteiger partial charge in [0.05, 0.1) is 6.04 Å². The summed E-state index contributed by atoms with van der Waals surface area (Å²) < 4.78 is 0. The van der Waals surface area contributed by atoms with Crippen molar-refractivity contribution in [3.8, 4) is 5.75 Å². The number of hydrogen-bond donors (Lipinski definition) is 2. The molecule has 35 heavy (non-hydrogen) atoms. The summed E-state index contributed by atoms with van der Waals surface area (Å²) in [6, 6.07) is 18.9. The second kappa shape index (κ2) is 11.6. The van der Waals surface area contributed by atoms with Crippen LogP contribution in [0.5, 0.6) is 5.75 Å². The third-order valence-corrected chi connectivity index (χ3v) is 8.35. The van der Waals surface area contributed by atoms with E-state index in [0.29, 0.717) is 24.1 Å². The fourth-order valence-corrected chi connectivity index (χ4v) is 6.68. The highest BCUT2D eigenvalue weighted by atomic mass is 16.3. The average molecular weight is 478 g/mol. The van der Waals surface area contributed by atoms with E-state index in [1.165, 1.54) is 11.1 Å². The Balaban J connectivity index is 1.55. The number of hydrogen-bond acceptors (Lipinski definition) is 4. The first-order chi connectivity index (χ1) is 16.9. The van der Waals surface area contributed by atoms with Crippen LogP contribution in [0.3, 0.4) is 0 Å². The van der Waals surface area contributed by atoms with Gasteiger partial charge in [-0.25, -0.2) is 0 Å². The highest BCUT2D eigenvalue weighted by Gasteiger charge is 2.55. The first-order valence-electron chi connectivity index (χ1n) is 13.4. The number of carbonyl (C=O) groups excluding carboxylic acids is 1. The first kappa shape index (κ1) is 25.7. The Hall–Kier alpha value is -2.37. The van der Waals surface area contributed by atoms with Crippen molar-refractivity contribution < 1.29 is 9.90 Å². The molecule has 0 aromatic heterocycles. The summed E-state index contributed by atoms with van der Waals surface area (Å²) in [6.07, 6.45) is 6.93. The molecule has 0 spiro atoms. The summed E-state index contributed by atoms with van der Waals surface area (Å²) >= 11 is 0. The minimum Gasteiger partial charge on any atom is -0.508 e. The summed E-state index contributed by atoms with van der Waals surface area (Å²) in [6.45, 7) is 5.34. The zero-order valence-corrected chi connectivity index (χ0v) is 21.7. The summed E-state index contributed by atoms with van der Waals surface area (Å²) in [5.41, 5.74) is 2.42. The van der Waals surface area contributed by atoms with Crippen LogP contribution in [0.25, 0.3) is 0 Å². The number of phenols is 1. The number of rotatable bonds is 10. The molecule has 1 saturated heterocycles. The normalized spacial score (nSPS) is 26.6. The Morgan fingerprint density at radius 3 is 2.69 bits per heavy atom. The molecular formula is C30H43N3O2. The van der Waals surface area contributed by atoms with E-state index in [4.69, 9.17) is 0 Å².